The molecule has 2 rings (SSSR count). The fourth-order valence-corrected chi connectivity index (χ4v) is 3.14. The van der Waals surface area contributed by atoms with E-state index in [4.69, 9.17) is 10.8 Å². The number of aryl methyl sites for hydroxylation is 1. The van der Waals surface area contributed by atoms with Crippen LogP contribution in [0.3, 0.4) is 0 Å². The lowest BCUT2D eigenvalue weighted by Gasteiger charge is -2.09. The van der Waals surface area contributed by atoms with E-state index < -0.39 is 6.09 Å². The lowest BCUT2D eigenvalue weighted by atomic mass is 10.0. The van der Waals surface area contributed by atoms with Gasteiger partial charge in [0.15, 0.2) is 0 Å². The van der Waals surface area contributed by atoms with Crippen molar-refractivity contribution in [3.63, 3.8) is 0 Å². The SMILES string of the molecule is CCCCCc1cc2c(C#CCCCNC(=O)O)cc(Br)cc2nc1N. The zero-order valence-electron chi connectivity index (χ0n) is 14.9. The third-order valence-electron chi connectivity index (χ3n) is 4.04. The van der Waals surface area contributed by atoms with Gasteiger partial charge in [-0.05, 0) is 43.0 Å². The van der Waals surface area contributed by atoms with Crippen molar-refractivity contribution in [1.82, 2.24) is 10.3 Å². The molecule has 4 N–H and O–H groups in total. The van der Waals surface area contributed by atoms with Gasteiger partial charge in [-0.1, -0.05) is 47.5 Å². The molecule has 0 spiro atoms. The number of nitrogens with zero attached hydrogens (tertiary/aromatic N) is 1. The number of carbonyl (C=O) groups is 1. The Morgan fingerprint density at radius 2 is 2.12 bits per heavy atom. The Hall–Kier alpha value is -2.26. The molecule has 0 radical (unpaired) electrons. The number of nitrogens with one attached hydrogen (secondary N) is 1. The first-order chi connectivity index (χ1) is 12.5. The van der Waals surface area contributed by atoms with Gasteiger partial charge in [-0.2, -0.15) is 0 Å². The van der Waals surface area contributed by atoms with Crippen LogP contribution in [0.4, 0.5) is 10.6 Å². The van der Waals surface area contributed by atoms with Gasteiger partial charge in [0.25, 0.3) is 0 Å². The molecule has 1 aromatic heterocycles. The molecule has 2 aromatic rings. The van der Waals surface area contributed by atoms with Crippen LogP contribution in [0.5, 0.6) is 0 Å². The highest BCUT2D eigenvalue weighted by Crippen LogP contribution is 2.26. The van der Waals surface area contributed by atoms with Crippen molar-refractivity contribution in [2.24, 2.45) is 0 Å². The van der Waals surface area contributed by atoms with Crippen molar-refractivity contribution in [2.75, 3.05) is 12.3 Å². The van der Waals surface area contributed by atoms with Gasteiger partial charge in [0.05, 0.1) is 5.52 Å². The number of hydrogen-bond donors (Lipinski definition) is 3. The minimum Gasteiger partial charge on any atom is -0.465 e. The predicted molar refractivity (Wildman–Crippen MR) is 109 cm³/mol. The number of nitrogen functional groups attached to an aromatic ring is 1. The van der Waals surface area contributed by atoms with Gasteiger partial charge in [-0.3, -0.25) is 0 Å². The first-order valence-corrected chi connectivity index (χ1v) is 9.65. The molecule has 0 aliphatic carbocycles. The lowest BCUT2D eigenvalue weighted by molar-refractivity contribution is 0.194. The molecule has 1 heterocycles. The van der Waals surface area contributed by atoms with E-state index in [1.807, 2.05) is 12.1 Å². The summed E-state index contributed by atoms with van der Waals surface area (Å²) < 4.78 is 0.910. The summed E-state index contributed by atoms with van der Waals surface area (Å²) in [5.41, 5.74) is 8.94. The zero-order valence-corrected chi connectivity index (χ0v) is 16.5. The average molecular weight is 418 g/mol. The van der Waals surface area contributed by atoms with E-state index in [9.17, 15) is 4.79 Å². The van der Waals surface area contributed by atoms with Gasteiger partial charge in [0, 0.05) is 28.4 Å². The molecule has 138 valence electrons. The van der Waals surface area contributed by atoms with E-state index in [0.29, 0.717) is 25.2 Å². The lowest BCUT2D eigenvalue weighted by Crippen LogP contribution is -2.21. The second kappa shape index (κ2) is 10.0. The predicted octanol–water partition coefficient (Wildman–Crippen LogP) is 4.71. The summed E-state index contributed by atoms with van der Waals surface area (Å²) in [7, 11) is 0. The van der Waals surface area contributed by atoms with Gasteiger partial charge in [-0.15, -0.1) is 0 Å². The summed E-state index contributed by atoms with van der Waals surface area (Å²) in [6.07, 6.45) is 4.67. The Kier molecular flexibility index (Phi) is 7.73. The van der Waals surface area contributed by atoms with E-state index in [1.54, 1.807) is 0 Å². The molecule has 1 aromatic carbocycles. The first-order valence-electron chi connectivity index (χ1n) is 8.85. The number of aromatic nitrogens is 1. The molecule has 1 amide bonds. The number of nitrogens with two attached hydrogens (primary N) is 1. The summed E-state index contributed by atoms with van der Waals surface area (Å²) in [5.74, 6) is 6.90. The average Bonchev–Trinajstić information content (AvgIpc) is 2.58. The number of amides is 1. The molecule has 0 saturated heterocycles. The number of anilines is 1. The standard InChI is InChI=1S/C20H24BrN3O2/c1-2-3-5-9-15-12-17-14(8-6-4-7-10-23-20(25)26)11-16(21)13-18(17)24-19(15)22/h11-13,23H,2-5,7,9-10H2,1H3,(H2,22,24)(H,25,26). The van der Waals surface area contributed by atoms with Crippen LogP contribution in [0, 0.1) is 11.8 Å². The summed E-state index contributed by atoms with van der Waals surface area (Å²) in [6, 6.07) is 6.04. The van der Waals surface area contributed by atoms with Gasteiger partial charge in [-0.25, -0.2) is 9.78 Å². The van der Waals surface area contributed by atoms with Crippen LogP contribution >= 0.6 is 15.9 Å². The third-order valence-corrected chi connectivity index (χ3v) is 4.50. The Bertz CT molecular complexity index is 840. The normalized spacial score (nSPS) is 10.4. The number of halogens is 1. The quantitative estimate of drug-likeness (QED) is 0.449. The topological polar surface area (TPSA) is 88.2 Å². The molecular weight excluding hydrogens is 394 g/mol. The van der Waals surface area contributed by atoms with Gasteiger partial charge < -0.3 is 16.2 Å². The van der Waals surface area contributed by atoms with Crippen LogP contribution in [-0.4, -0.2) is 22.7 Å². The molecule has 6 heteroatoms. The number of carboxylic acid groups (broad SMARTS) is 1. The maximum Gasteiger partial charge on any atom is 0.404 e. The molecule has 0 saturated carbocycles. The van der Waals surface area contributed by atoms with Gasteiger partial charge in [0.1, 0.15) is 5.82 Å². The smallest absolute Gasteiger partial charge is 0.404 e. The first kappa shape index (κ1) is 20.1. The fraction of sp³-hybridized carbons (Fsp3) is 0.400. The van der Waals surface area contributed by atoms with E-state index in [2.05, 4.69) is 51.1 Å². The van der Waals surface area contributed by atoms with Crippen molar-refractivity contribution < 1.29 is 9.90 Å². The molecule has 0 bridgehead atoms. The van der Waals surface area contributed by atoms with Crippen molar-refractivity contribution in [1.29, 1.82) is 0 Å². The number of pyridine rings is 1. The van der Waals surface area contributed by atoms with E-state index in [-0.39, 0.29) is 0 Å². The second-order valence-corrected chi connectivity index (χ2v) is 7.06. The monoisotopic (exact) mass is 417 g/mol. The summed E-state index contributed by atoms with van der Waals surface area (Å²) in [6.45, 7) is 2.59. The van der Waals surface area contributed by atoms with Gasteiger partial charge in [0.2, 0.25) is 0 Å². The van der Waals surface area contributed by atoms with E-state index in [0.717, 1.165) is 39.3 Å². The Balaban J connectivity index is 2.22. The maximum atomic E-state index is 10.4. The molecule has 0 fully saturated rings. The van der Waals surface area contributed by atoms with Crippen molar-refractivity contribution in [3.8, 4) is 11.8 Å². The largest absolute Gasteiger partial charge is 0.465 e. The summed E-state index contributed by atoms with van der Waals surface area (Å²) >= 11 is 3.50. The number of unbranched alkanes of at least 4 members (excludes halogenated alkanes) is 3. The Morgan fingerprint density at radius 3 is 2.85 bits per heavy atom. The molecule has 26 heavy (non-hydrogen) atoms. The van der Waals surface area contributed by atoms with Gasteiger partial charge >= 0.3 is 6.09 Å². The molecule has 0 atom stereocenters. The van der Waals surface area contributed by atoms with Crippen molar-refractivity contribution >= 4 is 38.7 Å². The van der Waals surface area contributed by atoms with Crippen LogP contribution in [0.25, 0.3) is 10.9 Å². The fourth-order valence-electron chi connectivity index (χ4n) is 2.70. The third kappa shape index (κ3) is 5.92. The zero-order chi connectivity index (χ0) is 18.9. The molecule has 0 aliphatic heterocycles. The maximum absolute atomic E-state index is 10.4. The van der Waals surface area contributed by atoms with Crippen LogP contribution in [0.15, 0.2) is 22.7 Å². The molecular formula is C20H24BrN3O2. The van der Waals surface area contributed by atoms with Crippen LogP contribution < -0.4 is 11.1 Å². The number of hydrogen-bond acceptors (Lipinski definition) is 3. The number of rotatable bonds is 7. The summed E-state index contributed by atoms with van der Waals surface area (Å²) in [4.78, 5) is 15.0. The van der Waals surface area contributed by atoms with Crippen LogP contribution in [0.2, 0.25) is 0 Å². The molecule has 5 nitrogen and oxygen atoms in total. The van der Waals surface area contributed by atoms with E-state index in [1.165, 1.54) is 12.8 Å². The highest BCUT2D eigenvalue weighted by molar-refractivity contribution is 9.10. The minimum absolute atomic E-state index is 0.406. The highest BCUT2D eigenvalue weighted by atomic mass is 79.9. The van der Waals surface area contributed by atoms with Crippen molar-refractivity contribution in [3.05, 3.63) is 33.8 Å². The summed E-state index contributed by atoms with van der Waals surface area (Å²) in [5, 5.41) is 11.9. The molecule has 0 unspecified atom stereocenters. The second-order valence-electron chi connectivity index (χ2n) is 6.15. The van der Waals surface area contributed by atoms with Crippen molar-refractivity contribution in [2.45, 2.75) is 45.4 Å². The Labute approximate surface area is 162 Å². The Morgan fingerprint density at radius 1 is 1.31 bits per heavy atom. The van der Waals surface area contributed by atoms with Crippen LogP contribution in [-0.2, 0) is 6.42 Å². The van der Waals surface area contributed by atoms with Crippen LogP contribution in [0.1, 0.15) is 50.2 Å². The van der Waals surface area contributed by atoms with E-state index >= 15 is 0 Å². The number of fused-ring (bicyclic) bond motifs is 1. The number of benzene rings is 1. The minimum atomic E-state index is -1.00. The molecule has 0 aliphatic rings. The highest BCUT2D eigenvalue weighted by Gasteiger charge is 2.08.